The molecular formula is C16H27N3O4. The van der Waals surface area contributed by atoms with Crippen LogP contribution in [0.4, 0.5) is 4.79 Å². The minimum Gasteiger partial charge on any atom is -0.481 e. The van der Waals surface area contributed by atoms with Gasteiger partial charge < -0.3 is 21.1 Å². The molecule has 0 aromatic rings. The van der Waals surface area contributed by atoms with Gasteiger partial charge in [0.2, 0.25) is 5.91 Å². The van der Waals surface area contributed by atoms with E-state index in [0.29, 0.717) is 45.1 Å². The zero-order valence-electron chi connectivity index (χ0n) is 13.7. The van der Waals surface area contributed by atoms with Crippen molar-refractivity contribution in [3.05, 3.63) is 0 Å². The molecule has 0 atom stereocenters. The number of rotatable bonds is 5. The number of urea groups is 1. The van der Waals surface area contributed by atoms with Gasteiger partial charge in [-0.15, -0.1) is 0 Å². The van der Waals surface area contributed by atoms with Gasteiger partial charge in [-0.1, -0.05) is 12.8 Å². The molecule has 7 nitrogen and oxygen atoms in total. The van der Waals surface area contributed by atoms with Crippen molar-refractivity contribution >= 4 is 17.9 Å². The molecule has 2 rings (SSSR count). The molecule has 0 aliphatic heterocycles. The van der Waals surface area contributed by atoms with Crippen LogP contribution in [0.2, 0.25) is 0 Å². The van der Waals surface area contributed by atoms with Crippen molar-refractivity contribution < 1.29 is 19.5 Å². The zero-order chi connectivity index (χ0) is 16.9. The summed E-state index contributed by atoms with van der Waals surface area (Å²) in [5, 5.41) is 17.6. The number of aliphatic carboxylic acids is 1. The van der Waals surface area contributed by atoms with Gasteiger partial charge in [-0.25, -0.2) is 4.79 Å². The van der Waals surface area contributed by atoms with Gasteiger partial charge in [0, 0.05) is 12.6 Å². The second-order valence-corrected chi connectivity index (χ2v) is 6.63. The normalized spacial score (nSPS) is 26.3. The lowest BCUT2D eigenvalue weighted by molar-refractivity contribution is -0.142. The molecule has 2 aliphatic carbocycles. The van der Waals surface area contributed by atoms with Crippen LogP contribution in [0.3, 0.4) is 0 Å². The first kappa shape index (κ1) is 17.6. The molecule has 0 bridgehead atoms. The van der Waals surface area contributed by atoms with Crippen LogP contribution in [-0.2, 0) is 9.59 Å². The maximum absolute atomic E-state index is 12.7. The summed E-state index contributed by atoms with van der Waals surface area (Å²) in [6.45, 7) is 2.35. The van der Waals surface area contributed by atoms with Crippen LogP contribution in [0.5, 0.6) is 0 Å². The predicted molar refractivity (Wildman–Crippen MR) is 84.9 cm³/mol. The van der Waals surface area contributed by atoms with E-state index in [2.05, 4.69) is 16.0 Å². The molecule has 0 aromatic carbocycles. The standard InChI is InChI=1S/C16H27N3O4/c1-2-17-15(23)19-16(9-3-4-10-16)14(22)18-12-7-5-11(6-8-12)13(20)21/h11-12H,2-10H2,1H3,(H,18,22)(H,20,21)(H2,17,19,23). The Morgan fingerprint density at radius 3 is 2.22 bits per heavy atom. The van der Waals surface area contributed by atoms with Crippen molar-refractivity contribution in [2.24, 2.45) is 5.92 Å². The molecule has 130 valence electrons. The Balaban J connectivity index is 1.91. The summed E-state index contributed by atoms with van der Waals surface area (Å²) >= 11 is 0. The van der Waals surface area contributed by atoms with Crippen LogP contribution in [0.15, 0.2) is 0 Å². The van der Waals surface area contributed by atoms with Gasteiger partial charge >= 0.3 is 12.0 Å². The van der Waals surface area contributed by atoms with Gasteiger partial charge in [-0.3, -0.25) is 9.59 Å². The molecule has 2 saturated carbocycles. The van der Waals surface area contributed by atoms with E-state index in [-0.39, 0.29) is 23.9 Å². The molecule has 2 aliphatic rings. The molecule has 0 spiro atoms. The SMILES string of the molecule is CCNC(=O)NC1(C(=O)NC2CCC(C(=O)O)CC2)CCCC1. The van der Waals surface area contributed by atoms with Crippen LogP contribution in [0, 0.1) is 5.92 Å². The number of hydrogen-bond donors (Lipinski definition) is 4. The second kappa shape index (κ2) is 7.66. The van der Waals surface area contributed by atoms with E-state index in [1.165, 1.54) is 0 Å². The Morgan fingerprint density at radius 2 is 1.70 bits per heavy atom. The topological polar surface area (TPSA) is 108 Å². The molecule has 2 fully saturated rings. The van der Waals surface area contributed by atoms with Crippen LogP contribution in [0.1, 0.15) is 58.3 Å². The molecule has 4 N–H and O–H groups in total. The Labute approximate surface area is 136 Å². The number of carbonyl (C=O) groups excluding carboxylic acids is 2. The molecule has 0 radical (unpaired) electrons. The maximum Gasteiger partial charge on any atom is 0.315 e. The summed E-state index contributed by atoms with van der Waals surface area (Å²) < 4.78 is 0. The average Bonchev–Trinajstić information content (AvgIpc) is 2.97. The van der Waals surface area contributed by atoms with Crippen molar-refractivity contribution in [2.45, 2.75) is 69.9 Å². The third-order valence-electron chi connectivity index (χ3n) is 4.99. The summed E-state index contributed by atoms with van der Waals surface area (Å²) in [5.74, 6) is -1.17. The summed E-state index contributed by atoms with van der Waals surface area (Å²) in [7, 11) is 0. The van der Waals surface area contributed by atoms with E-state index >= 15 is 0 Å². The van der Waals surface area contributed by atoms with Gasteiger partial charge in [-0.2, -0.15) is 0 Å². The average molecular weight is 325 g/mol. The quantitative estimate of drug-likeness (QED) is 0.612. The van der Waals surface area contributed by atoms with E-state index in [0.717, 1.165) is 12.8 Å². The van der Waals surface area contributed by atoms with Crippen molar-refractivity contribution in [1.82, 2.24) is 16.0 Å². The third kappa shape index (κ3) is 4.36. The summed E-state index contributed by atoms with van der Waals surface area (Å²) in [5.41, 5.74) is -0.817. The Hall–Kier alpha value is -1.79. The first-order chi connectivity index (χ1) is 11.0. The van der Waals surface area contributed by atoms with E-state index in [1.807, 2.05) is 6.92 Å². The van der Waals surface area contributed by atoms with Crippen LogP contribution in [0.25, 0.3) is 0 Å². The molecule has 3 amide bonds. The molecule has 23 heavy (non-hydrogen) atoms. The van der Waals surface area contributed by atoms with Gasteiger partial charge in [0.15, 0.2) is 0 Å². The van der Waals surface area contributed by atoms with Crippen LogP contribution in [-0.4, -0.2) is 41.1 Å². The van der Waals surface area contributed by atoms with Gasteiger partial charge in [0.05, 0.1) is 5.92 Å². The number of amides is 3. The smallest absolute Gasteiger partial charge is 0.315 e. The van der Waals surface area contributed by atoms with E-state index < -0.39 is 11.5 Å². The highest BCUT2D eigenvalue weighted by Gasteiger charge is 2.43. The Bertz CT molecular complexity index is 452. The molecule has 0 heterocycles. The fraction of sp³-hybridized carbons (Fsp3) is 0.812. The highest BCUT2D eigenvalue weighted by Crippen LogP contribution is 2.31. The predicted octanol–water partition coefficient (Wildman–Crippen LogP) is 1.38. The van der Waals surface area contributed by atoms with Crippen LogP contribution < -0.4 is 16.0 Å². The van der Waals surface area contributed by atoms with Gasteiger partial charge in [-0.05, 0) is 45.4 Å². The lowest BCUT2D eigenvalue weighted by Crippen LogP contribution is -2.60. The first-order valence-corrected chi connectivity index (χ1v) is 8.56. The number of carboxylic acid groups (broad SMARTS) is 1. The lowest BCUT2D eigenvalue weighted by atomic mass is 9.85. The summed E-state index contributed by atoms with van der Waals surface area (Å²) in [6, 6.07) is -0.300. The minimum absolute atomic E-state index is 0.00612. The first-order valence-electron chi connectivity index (χ1n) is 8.56. The number of nitrogens with one attached hydrogen (secondary N) is 3. The van der Waals surface area contributed by atoms with Gasteiger partial charge in [0.1, 0.15) is 5.54 Å². The Kier molecular flexibility index (Phi) is 5.85. The van der Waals surface area contributed by atoms with E-state index in [4.69, 9.17) is 5.11 Å². The number of hydrogen-bond acceptors (Lipinski definition) is 3. The fourth-order valence-corrected chi connectivity index (χ4v) is 3.62. The van der Waals surface area contributed by atoms with Crippen molar-refractivity contribution in [3.63, 3.8) is 0 Å². The summed E-state index contributed by atoms with van der Waals surface area (Å²) in [6.07, 6.45) is 5.70. The van der Waals surface area contributed by atoms with Crippen molar-refractivity contribution in [2.75, 3.05) is 6.54 Å². The van der Waals surface area contributed by atoms with E-state index in [1.54, 1.807) is 0 Å². The van der Waals surface area contributed by atoms with Crippen LogP contribution >= 0.6 is 0 Å². The van der Waals surface area contributed by atoms with Crippen molar-refractivity contribution in [1.29, 1.82) is 0 Å². The lowest BCUT2D eigenvalue weighted by Gasteiger charge is -2.33. The molecule has 0 saturated heterocycles. The number of carboxylic acids is 1. The summed E-state index contributed by atoms with van der Waals surface area (Å²) in [4.78, 5) is 35.6. The zero-order valence-corrected chi connectivity index (χ0v) is 13.7. The third-order valence-corrected chi connectivity index (χ3v) is 4.99. The Morgan fingerprint density at radius 1 is 1.09 bits per heavy atom. The fourth-order valence-electron chi connectivity index (χ4n) is 3.62. The molecule has 0 unspecified atom stereocenters. The molecule has 7 heteroatoms. The highest BCUT2D eigenvalue weighted by molar-refractivity contribution is 5.91. The van der Waals surface area contributed by atoms with E-state index in [9.17, 15) is 14.4 Å². The minimum atomic E-state index is -0.817. The number of carbonyl (C=O) groups is 3. The monoisotopic (exact) mass is 325 g/mol. The van der Waals surface area contributed by atoms with Crippen molar-refractivity contribution in [3.8, 4) is 0 Å². The largest absolute Gasteiger partial charge is 0.481 e. The highest BCUT2D eigenvalue weighted by atomic mass is 16.4. The molecular weight excluding hydrogens is 298 g/mol. The maximum atomic E-state index is 12.7. The second-order valence-electron chi connectivity index (χ2n) is 6.63. The molecule has 0 aromatic heterocycles. The van der Waals surface area contributed by atoms with Gasteiger partial charge in [0.25, 0.3) is 0 Å².